The van der Waals surface area contributed by atoms with Crippen molar-refractivity contribution >= 4 is 17.9 Å². The standard InChI is InChI=1S/C68H132O6/c1-7-64(6)56-50-44-38-32-25-21-17-13-9-11-15-19-23-27-34-40-46-52-58-67(70)73-61-65(74-68(71)59-53-47-41-35-29-28-31-37-43-49-55-63(4)5)60-72-66(69)57-51-45-39-33-26-22-18-14-10-8-12-16-20-24-30-36-42-48-54-62(2)3/h62-65H,7-61H2,1-6H3/t64?,65-/m0/s1. The molecule has 0 fully saturated rings. The molecule has 0 aromatic carbocycles. The van der Waals surface area contributed by atoms with Crippen molar-refractivity contribution in [3.8, 4) is 0 Å². The van der Waals surface area contributed by atoms with Crippen LogP contribution in [-0.2, 0) is 28.6 Å². The number of hydrogen-bond acceptors (Lipinski definition) is 6. The van der Waals surface area contributed by atoms with Gasteiger partial charge in [0.25, 0.3) is 0 Å². The summed E-state index contributed by atoms with van der Waals surface area (Å²) in [6, 6.07) is 0. The number of esters is 3. The second kappa shape index (κ2) is 59.1. The van der Waals surface area contributed by atoms with E-state index >= 15 is 0 Å². The highest BCUT2D eigenvalue weighted by Crippen LogP contribution is 2.20. The third-order valence-electron chi connectivity index (χ3n) is 16.0. The Kier molecular flexibility index (Phi) is 57.8. The lowest BCUT2D eigenvalue weighted by Crippen LogP contribution is -2.30. The first-order valence-corrected chi connectivity index (χ1v) is 33.6. The summed E-state index contributed by atoms with van der Waals surface area (Å²) in [6.07, 6.45) is 65.4. The number of rotatable bonds is 61. The van der Waals surface area contributed by atoms with E-state index < -0.39 is 6.10 Å². The minimum absolute atomic E-state index is 0.0626. The monoisotopic (exact) mass is 1050 g/mol. The molecule has 0 aromatic heterocycles. The van der Waals surface area contributed by atoms with Crippen LogP contribution in [0.5, 0.6) is 0 Å². The number of unbranched alkanes of at least 4 members (excludes halogenated alkanes) is 43. The summed E-state index contributed by atoms with van der Waals surface area (Å²) in [7, 11) is 0. The summed E-state index contributed by atoms with van der Waals surface area (Å²) in [5.74, 6) is 1.75. The van der Waals surface area contributed by atoms with Gasteiger partial charge in [0.15, 0.2) is 6.10 Å². The van der Waals surface area contributed by atoms with Crippen LogP contribution in [0.2, 0.25) is 0 Å². The van der Waals surface area contributed by atoms with Crippen molar-refractivity contribution in [1.29, 1.82) is 0 Å². The fourth-order valence-electron chi connectivity index (χ4n) is 10.6. The van der Waals surface area contributed by atoms with E-state index in [0.29, 0.717) is 19.3 Å². The van der Waals surface area contributed by atoms with Crippen LogP contribution in [0.4, 0.5) is 0 Å². The van der Waals surface area contributed by atoms with E-state index in [0.717, 1.165) is 75.5 Å². The molecular weight excluding hydrogens is 913 g/mol. The second-order valence-electron chi connectivity index (χ2n) is 24.7. The quantitative estimate of drug-likeness (QED) is 0.0343. The molecule has 0 aliphatic carbocycles. The molecule has 0 aliphatic heterocycles. The SMILES string of the molecule is CCC(C)CCCCCCCCCCCCCCCCCCCCC(=O)OC[C@H](COC(=O)CCCCCCCCCCCCCCCCCCCCC(C)C)OC(=O)CCCCCCCCCCCCC(C)C. The van der Waals surface area contributed by atoms with Crippen LogP contribution in [0.1, 0.15) is 382 Å². The van der Waals surface area contributed by atoms with Crippen LogP contribution in [0.25, 0.3) is 0 Å². The van der Waals surface area contributed by atoms with E-state index in [2.05, 4.69) is 41.5 Å². The number of carbonyl (C=O) groups is 3. The molecule has 2 atom stereocenters. The topological polar surface area (TPSA) is 78.9 Å². The van der Waals surface area contributed by atoms with Crippen molar-refractivity contribution in [1.82, 2.24) is 0 Å². The zero-order chi connectivity index (χ0) is 54.1. The largest absolute Gasteiger partial charge is 0.462 e. The van der Waals surface area contributed by atoms with Gasteiger partial charge in [-0.3, -0.25) is 14.4 Å². The van der Waals surface area contributed by atoms with Gasteiger partial charge in [-0.1, -0.05) is 343 Å². The van der Waals surface area contributed by atoms with E-state index in [9.17, 15) is 14.4 Å². The van der Waals surface area contributed by atoms with Crippen LogP contribution in [-0.4, -0.2) is 37.2 Å². The minimum atomic E-state index is -0.765. The van der Waals surface area contributed by atoms with Crippen LogP contribution < -0.4 is 0 Å². The lowest BCUT2D eigenvalue weighted by Gasteiger charge is -2.18. The smallest absolute Gasteiger partial charge is 0.306 e. The Bertz CT molecular complexity index is 1150. The Morgan fingerprint density at radius 1 is 0.270 bits per heavy atom. The van der Waals surface area contributed by atoms with Gasteiger partial charge in [-0.15, -0.1) is 0 Å². The molecule has 1 unspecified atom stereocenters. The predicted molar refractivity (Wildman–Crippen MR) is 321 cm³/mol. The Balaban J connectivity index is 4.21. The summed E-state index contributed by atoms with van der Waals surface area (Å²) < 4.78 is 17.0. The lowest BCUT2D eigenvalue weighted by atomic mass is 9.99. The van der Waals surface area contributed by atoms with Crippen molar-refractivity contribution in [2.24, 2.45) is 17.8 Å². The molecule has 0 aliphatic rings. The number of hydrogen-bond donors (Lipinski definition) is 0. The van der Waals surface area contributed by atoms with Crippen LogP contribution >= 0.6 is 0 Å². The zero-order valence-electron chi connectivity index (χ0n) is 51.1. The summed E-state index contributed by atoms with van der Waals surface area (Å²) in [4.78, 5) is 38.4. The molecule has 0 amide bonds. The average molecular weight is 1050 g/mol. The van der Waals surface area contributed by atoms with Crippen molar-refractivity contribution in [2.45, 2.75) is 388 Å². The first-order valence-electron chi connectivity index (χ1n) is 33.6. The van der Waals surface area contributed by atoms with Gasteiger partial charge in [0.2, 0.25) is 0 Å². The highest BCUT2D eigenvalue weighted by molar-refractivity contribution is 5.71. The van der Waals surface area contributed by atoms with E-state index in [4.69, 9.17) is 14.2 Å². The Hall–Kier alpha value is -1.59. The minimum Gasteiger partial charge on any atom is -0.462 e. The fourth-order valence-corrected chi connectivity index (χ4v) is 10.6. The molecule has 74 heavy (non-hydrogen) atoms. The average Bonchev–Trinajstić information content (AvgIpc) is 3.38. The highest BCUT2D eigenvalue weighted by Gasteiger charge is 2.20. The van der Waals surface area contributed by atoms with E-state index in [1.165, 1.54) is 263 Å². The van der Waals surface area contributed by atoms with Gasteiger partial charge in [0.05, 0.1) is 0 Å². The molecule has 0 bridgehead atoms. The van der Waals surface area contributed by atoms with Gasteiger partial charge in [-0.05, 0) is 37.0 Å². The zero-order valence-corrected chi connectivity index (χ0v) is 51.1. The fraction of sp³-hybridized carbons (Fsp3) is 0.956. The number of carbonyl (C=O) groups excluding carboxylic acids is 3. The summed E-state index contributed by atoms with van der Waals surface area (Å²) in [5, 5.41) is 0. The molecule has 0 N–H and O–H groups in total. The van der Waals surface area contributed by atoms with E-state index in [1.54, 1.807) is 0 Å². The van der Waals surface area contributed by atoms with Gasteiger partial charge in [-0.2, -0.15) is 0 Å². The summed E-state index contributed by atoms with van der Waals surface area (Å²) in [6.45, 7) is 13.9. The predicted octanol–water partition coefficient (Wildman–Crippen LogP) is 22.6. The van der Waals surface area contributed by atoms with Gasteiger partial charge in [0.1, 0.15) is 13.2 Å². The normalized spacial score (nSPS) is 12.5. The summed E-state index contributed by atoms with van der Waals surface area (Å²) >= 11 is 0. The van der Waals surface area contributed by atoms with E-state index in [1.807, 2.05) is 0 Å². The van der Waals surface area contributed by atoms with Gasteiger partial charge in [0, 0.05) is 19.3 Å². The maximum Gasteiger partial charge on any atom is 0.306 e. The molecular formula is C68H132O6. The molecule has 0 aromatic rings. The van der Waals surface area contributed by atoms with Crippen molar-refractivity contribution in [3.05, 3.63) is 0 Å². The third kappa shape index (κ3) is 59.7. The third-order valence-corrected chi connectivity index (χ3v) is 16.0. The highest BCUT2D eigenvalue weighted by atomic mass is 16.6. The molecule has 0 radical (unpaired) electrons. The van der Waals surface area contributed by atoms with Crippen molar-refractivity contribution < 1.29 is 28.6 Å². The van der Waals surface area contributed by atoms with Crippen molar-refractivity contribution in [3.63, 3.8) is 0 Å². The molecule has 0 spiro atoms. The molecule has 0 saturated carbocycles. The van der Waals surface area contributed by atoms with Gasteiger partial charge in [-0.25, -0.2) is 0 Å². The summed E-state index contributed by atoms with van der Waals surface area (Å²) in [5.41, 5.74) is 0. The van der Waals surface area contributed by atoms with Crippen LogP contribution in [0, 0.1) is 17.8 Å². The van der Waals surface area contributed by atoms with Gasteiger partial charge >= 0.3 is 17.9 Å². The Morgan fingerprint density at radius 2 is 0.473 bits per heavy atom. The van der Waals surface area contributed by atoms with Gasteiger partial charge < -0.3 is 14.2 Å². The molecule has 6 nitrogen and oxygen atoms in total. The molecule has 0 rings (SSSR count). The molecule has 0 saturated heterocycles. The van der Waals surface area contributed by atoms with Crippen molar-refractivity contribution in [2.75, 3.05) is 13.2 Å². The maximum absolute atomic E-state index is 12.9. The number of ether oxygens (including phenoxy) is 3. The molecule has 440 valence electrons. The van der Waals surface area contributed by atoms with Crippen LogP contribution in [0.15, 0.2) is 0 Å². The Labute approximate surface area is 463 Å². The molecule has 6 heteroatoms. The second-order valence-corrected chi connectivity index (χ2v) is 24.7. The first-order chi connectivity index (χ1) is 36.1. The van der Waals surface area contributed by atoms with E-state index in [-0.39, 0.29) is 31.1 Å². The Morgan fingerprint density at radius 3 is 0.703 bits per heavy atom. The first kappa shape index (κ1) is 72.4. The van der Waals surface area contributed by atoms with Crippen LogP contribution in [0.3, 0.4) is 0 Å². The lowest BCUT2D eigenvalue weighted by molar-refractivity contribution is -0.167. The molecule has 0 heterocycles. The maximum atomic E-state index is 12.9.